The molecular formula is C19H28N6O. The van der Waals surface area contributed by atoms with Crippen molar-refractivity contribution >= 4 is 11.8 Å². The third kappa shape index (κ3) is 5.37. The minimum Gasteiger partial charge on any atom is -0.379 e. The highest BCUT2D eigenvalue weighted by Crippen LogP contribution is 2.21. The van der Waals surface area contributed by atoms with E-state index in [0.29, 0.717) is 12.0 Å². The molecule has 0 radical (unpaired) electrons. The summed E-state index contributed by atoms with van der Waals surface area (Å²) in [5.74, 6) is 1.49. The molecule has 1 aliphatic rings. The second-order valence-electron chi connectivity index (χ2n) is 6.53. The molecule has 26 heavy (non-hydrogen) atoms. The molecule has 0 unspecified atom stereocenters. The summed E-state index contributed by atoms with van der Waals surface area (Å²) in [7, 11) is 0. The topological polar surface area (TPSA) is 75.2 Å². The van der Waals surface area contributed by atoms with Crippen LogP contribution in [-0.2, 0) is 4.74 Å². The van der Waals surface area contributed by atoms with Crippen LogP contribution in [0.25, 0.3) is 11.3 Å². The molecule has 1 atom stereocenters. The van der Waals surface area contributed by atoms with Crippen molar-refractivity contribution in [3.8, 4) is 11.3 Å². The van der Waals surface area contributed by atoms with Gasteiger partial charge in [0.05, 0.1) is 18.9 Å². The zero-order chi connectivity index (χ0) is 18.2. The molecule has 0 spiro atoms. The van der Waals surface area contributed by atoms with Crippen molar-refractivity contribution in [2.75, 3.05) is 50.0 Å². The van der Waals surface area contributed by atoms with E-state index in [0.717, 1.165) is 62.9 Å². The summed E-state index contributed by atoms with van der Waals surface area (Å²) in [6.45, 7) is 9.73. The van der Waals surface area contributed by atoms with Gasteiger partial charge in [-0.05, 0) is 25.5 Å². The minimum atomic E-state index is 0.323. The summed E-state index contributed by atoms with van der Waals surface area (Å²) in [5.41, 5.74) is 1.92. The molecule has 0 amide bonds. The van der Waals surface area contributed by atoms with Gasteiger partial charge in [-0.3, -0.25) is 9.88 Å². The summed E-state index contributed by atoms with van der Waals surface area (Å²) in [6, 6.07) is 6.25. The summed E-state index contributed by atoms with van der Waals surface area (Å²) < 4.78 is 5.40. The molecule has 2 aromatic rings. The number of nitrogens with zero attached hydrogens (tertiary/aromatic N) is 4. The number of hydrogen-bond donors (Lipinski definition) is 2. The van der Waals surface area contributed by atoms with Gasteiger partial charge in [0.1, 0.15) is 5.82 Å². The number of hydrogen-bond acceptors (Lipinski definition) is 7. The van der Waals surface area contributed by atoms with Crippen LogP contribution in [0.1, 0.15) is 20.3 Å². The maximum absolute atomic E-state index is 5.40. The van der Waals surface area contributed by atoms with Crippen molar-refractivity contribution in [3.05, 3.63) is 30.6 Å². The van der Waals surface area contributed by atoms with Crippen molar-refractivity contribution in [1.29, 1.82) is 0 Å². The Labute approximate surface area is 155 Å². The Balaban J connectivity index is 1.71. The summed E-state index contributed by atoms with van der Waals surface area (Å²) >= 11 is 0. The molecular weight excluding hydrogens is 328 g/mol. The Morgan fingerprint density at radius 3 is 2.69 bits per heavy atom. The lowest BCUT2D eigenvalue weighted by molar-refractivity contribution is 0.0398. The molecule has 0 aromatic carbocycles. The fourth-order valence-electron chi connectivity index (χ4n) is 2.76. The maximum atomic E-state index is 5.40. The molecule has 1 aliphatic heterocycles. The zero-order valence-electron chi connectivity index (χ0n) is 15.6. The average molecular weight is 356 g/mol. The van der Waals surface area contributed by atoms with Gasteiger partial charge in [0.15, 0.2) is 0 Å². The van der Waals surface area contributed by atoms with E-state index in [9.17, 15) is 0 Å². The molecule has 0 aliphatic carbocycles. The van der Waals surface area contributed by atoms with Gasteiger partial charge in [0.2, 0.25) is 5.95 Å². The van der Waals surface area contributed by atoms with Gasteiger partial charge >= 0.3 is 0 Å². The fraction of sp³-hybridized carbons (Fsp3) is 0.526. The van der Waals surface area contributed by atoms with Crippen LogP contribution in [-0.4, -0.2) is 65.3 Å². The molecule has 3 heterocycles. The summed E-state index contributed by atoms with van der Waals surface area (Å²) in [5, 5.41) is 6.82. The highest BCUT2D eigenvalue weighted by molar-refractivity contribution is 5.63. The second kappa shape index (κ2) is 9.45. The zero-order valence-corrected chi connectivity index (χ0v) is 15.6. The minimum absolute atomic E-state index is 0.323. The van der Waals surface area contributed by atoms with E-state index < -0.39 is 0 Å². The van der Waals surface area contributed by atoms with Crippen molar-refractivity contribution in [3.63, 3.8) is 0 Å². The van der Waals surface area contributed by atoms with Crippen LogP contribution >= 0.6 is 0 Å². The van der Waals surface area contributed by atoms with E-state index in [2.05, 4.69) is 44.3 Å². The van der Waals surface area contributed by atoms with Crippen LogP contribution in [0.5, 0.6) is 0 Å². The normalized spacial score (nSPS) is 16.2. The van der Waals surface area contributed by atoms with Crippen molar-refractivity contribution in [1.82, 2.24) is 19.9 Å². The van der Waals surface area contributed by atoms with Crippen LogP contribution in [0.15, 0.2) is 30.6 Å². The molecule has 3 rings (SSSR count). The molecule has 0 saturated carbocycles. The van der Waals surface area contributed by atoms with Crippen molar-refractivity contribution in [2.24, 2.45) is 0 Å². The maximum Gasteiger partial charge on any atom is 0.225 e. The van der Waals surface area contributed by atoms with E-state index in [4.69, 9.17) is 4.74 Å². The van der Waals surface area contributed by atoms with Crippen molar-refractivity contribution in [2.45, 2.75) is 26.3 Å². The van der Waals surface area contributed by atoms with Gasteiger partial charge in [0.25, 0.3) is 0 Å². The average Bonchev–Trinajstić information content (AvgIpc) is 2.69. The van der Waals surface area contributed by atoms with Gasteiger partial charge in [-0.2, -0.15) is 4.98 Å². The van der Waals surface area contributed by atoms with Crippen molar-refractivity contribution < 1.29 is 4.74 Å². The Morgan fingerprint density at radius 1 is 1.19 bits per heavy atom. The van der Waals surface area contributed by atoms with E-state index in [1.807, 2.05) is 18.2 Å². The predicted octanol–water partition coefficient (Wildman–Crippen LogP) is 2.49. The lowest BCUT2D eigenvalue weighted by atomic mass is 10.2. The highest BCUT2D eigenvalue weighted by Gasteiger charge is 2.11. The van der Waals surface area contributed by atoms with Crippen LogP contribution < -0.4 is 10.6 Å². The number of ether oxygens (including phenoxy) is 1. The van der Waals surface area contributed by atoms with E-state index in [1.54, 1.807) is 12.4 Å². The number of rotatable bonds is 8. The first kappa shape index (κ1) is 18.5. The summed E-state index contributed by atoms with van der Waals surface area (Å²) in [4.78, 5) is 15.8. The van der Waals surface area contributed by atoms with E-state index in [1.165, 1.54) is 0 Å². The lowest BCUT2D eigenvalue weighted by Gasteiger charge is -2.26. The quantitative estimate of drug-likeness (QED) is 0.752. The van der Waals surface area contributed by atoms with Gasteiger partial charge in [-0.15, -0.1) is 0 Å². The largest absolute Gasteiger partial charge is 0.379 e. The van der Waals surface area contributed by atoms with Gasteiger partial charge in [-0.1, -0.05) is 6.92 Å². The number of pyridine rings is 1. The van der Waals surface area contributed by atoms with E-state index in [-0.39, 0.29) is 0 Å². The monoisotopic (exact) mass is 356 g/mol. The first-order valence-corrected chi connectivity index (χ1v) is 9.34. The predicted molar refractivity (Wildman–Crippen MR) is 104 cm³/mol. The second-order valence-corrected chi connectivity index (χ2v) is 6.53. The standard InChI is InChI=1S/C19H28N6O/c1-3-15(2)22-19-23-17(16-4-6-20-7-5-16)14-18(24-19)21-8-9-25-10-12-26-13-11-25/h4-7,14-15H,3,8-13H2,1-2H3,(H2,21,22,23,24)/t15-/m0/s1. The van der Waals surface area contributed by atoms with Crippen LogP contribution in [0, 0.1) is 0 Å². The molecule has 2 N–H and O–H groups in total. The lowest BCUT2D eigenvalue weighted by Crippen LogP contribution is -2.39. The van der Waals surface area contributed by atoms with Gasteiger partial charge in [0, 0.05) is 56.2 Å². The first-order chi connectivity index (χ1) is 12.7. The molecule has 1 saturated heterocycles. The molecule has 140 valence electrons. The number of anilines is 2. The highest BCUT2D eigenvalue weighted by atomic mass is 16.5. The first-order valence-electron chi connectivity index (χ1n) is 9.34. The molecule has 2 aromatic heterocycles. The summed E-state index contributed by atoms with van der Waals surface area (Å²) in [6.07, 6.45) is 4.58. The number of aromatic nitrogens is 3. The fourth-order valence-corrected chi connectivity index (χ4v) is 2.76. The smallest absolute Gasteiger partial charge is 0.225 e. The number of nitrogens with one attached hydrogen (secondary N) is 2. The Bertz CT molecular complexity index is 675. The SMILES string of the molecule is CC[C@H](C)Nc1nc(NCCN2CCOCC2)cc(-c2ccncc2)n1. The van der Waals surface area contributed by atoms with Crippen LogP contribution in [0.2, 0.25) is 0 Å². The number of morpholine rings is 1. The van der Waals surface area contributed by atoms with E-state index >= 15 is 0 Å². The molecule has 0 bridgehead atoms. The van der Waals surface area contributed by atoms with Gasteiger partial charge < -0.3 is 15.4 Å². The Hall–Kier alpha value is -2.25. The van der Waals surface area contributed by atoms with Crippen LogP contribution in [0.3, 0.4) is 0 Å². The third-order valence-corrected chi connectivity index (χ3v) is 4.53. The Kier molecular flexibility index (Phi) is 6.74. The Morgan fingerprint density at radius 2 is 1.96 bits per heavy atom. The van der Waals surface area contributed by atoms with Crippen LogP contribution in [0.4, 0.5) is 11.8 Å². The molecule has 1 fully saturated rings. The van der Waals surface area contributed by atoms with Gasteiger partial charge in [-0.25, -0.2) is 4.98 Å². The molecule has 7 heteroatoms. The molecule has 7 nitrogen and oxygen atoms in total. The third-order valence-electron chi connectivity index (χ3n) is 4.53.